The highest BCUT2D eigenvalue weighted by Gasteiger charge is 2.30. The Morgan fingerprint density at radius 2 is 1.90 bits per heavy atom. The highest BCUT2D eigenvalue weighted by atomic mass is 35.5. The summed E-state index contributed by atoms with van der Waals surface area (Å²) >= 11 is 5.81. The Kier molecular flexibility index (Phi) is 6.18. The maximum Gasteiger partial charge on any atom is 0.337 e. The maximum atomic E-state index is 11.7. The molecule has 0 aliphatic rings. The normalized spacial score (nSPS) is 15.0. The minimum atomic E-state index is -1.95. The highest BCUT2D eigenvalue weighted by Crippen LogP contribution is 2.15. The molecule has 21 heavy (non-hydrogen) atoms. The Bertz CT molecular complexity index is 499. The van der Waals surface area contributed by atoms with Crippen LogP contribution in [0.3, 0.4) is 0 Å². The van der Waals surface area contributed by atoms with Crippen LogP contribution in [0.4, 0.5) is 0 Å². The van der Waals surface area contributed by atoms with E-state index in [2.05, 4.69) is 5.32 Å². The molecule has 0 fully saturated rings. The number of nitrogens with one attached hydrogen (secondary N) is 1. The van der Waals surface area contributed by atoms with Crippen LogP contribution in [0.1, 0.15) is 25.8 Å². The second kappa shape index (κ2) is 7.43. The van der Waals surface area contributed by atoms with E-state index in [1.54, 1.807) is 12.1 Å². The van der Waals surface area contributed by atoms with E-state index < -0.39 is 11.6 Å². The predicted molar refractivity (Wildman–Crippen MR) is 80.2 cm³/mol. The number of aliphatic hydroxyl groups is 1. The van der Waals surface area contributed by atoms with Gasteiger partial charge in [0.05, 0.1) is 6.54 Å². The van der Waals surface area contributed by atoms with Crippen LogP contribution in [0.15, 0.2) is 24.3 Å². The van der Waals surface area contributed by atoms with Crippen molar-refractivity contribution in [3.05, 3.63) is 34.9 Å². The van der Waals surface area contributed by atoms with Gasteiger partial charge in [0.2, 0.25) is 5.91 Å². The summed E-state index contributed by atoms with van der Waals surface area (Å²) in [7, 11) is 0. The molecule has 5 nitrogen and oxygen atoms in total. The van der Waals surface area contributed by atoms with Gasteiger partial charge in [-0.25, -0.2) is 4.79 Å². The van der Waals surface area contributed by atoms with Crippen molar-refractivity contribution in [1.29, 1.82) is 0 Å². The first-order chi connectivity index (χ1) is 9.70. The van der Waals surface area contributed by atoms with Gasteiger partial charge in [-0.05, 0) is 37.0 Å². The minimum absolute atomic E-state index is 0.0981. The van der Waals surface area contributed by atoms with Gasteiger partial charge in [0.15, 0.2) is 5.60 Å². The van der Waals surface area contributed by atoms with Crippen LogP contribution in [0, 0.1) is 5.92 Å². The number of hydrogen-bond donors (Lipinski definition) is 3. The summed E-state index contributed by atoms with van der Waals surface area (Å²) in [6, 6.07) is 7.42. The summed E-state index contributed by atoms with van der Waals surface area (Å²) in [5.41, 5.74) is -0.869. The van der Waals surface area contributed by atoms with Crippen LogP contribution < -0.4 is 5.32 Å². The number of carbonyl (C=O) groups excluding carboxylic acids is 1. The second-order valence-corrected chi connectivity index (χ2v) is 5.93. The Hall–Kier alpha value is -1.59. The Morgan fingerprint density at radius 1 is 1.33 bits per heavy atom. The van der Waals surface area contributed by atoms with Gasteiger partial charge in [-0.3, -0.25) is 4.79 Å². The molecule has 2 unspecified atom stereocenters. The Morgan fingerprint density at radius 3 is 2.43 bits per heavy atom. The highest BCUT2D eigenvalue weighted by molar-refractivity contribution is 6.30. The standard InChI is InChI=1S/C15H20ClNO4/c1-10(7-11-3-5-12(16)6-4-11)8-13(18)17-9-15(2,21)14(19)20/h3-6,10,21H,7-9H2,1-2H3,(H,17,18)(H,19,20). The van der Waals surface area contributed by atoms with E-state index >= 15 is 0 Å². The third-order valence-electron chi connectivity index (χ3n) is 3.12. The predicted octanol–water partition coefficient (Wildman–Crippen LogP) is 1.86. The molecule has 0 aliphatic carbocycles. The molecule has 1 rings (SSSR count). The monoisotopic (exact) mass is 313 g/mol. The van der Waals surface area contributed by atoms with Crippen LogP contribution >= 0.6 is 11.6 Å². The summed E-state index contributed by atoms with van der Waals surface area (Å²) in [5, 5.41) is 21.4. The van der Waals surface area contributed by atoms with Crippen molar-refractivity contribution in [2.75, 3.05) is 6.54 Å². The number of aliphatic carboxylic acids is 1. The van der Waals surface area contributed by atoms with E-state index in [4.69, 9.17) is 16.7 Å². The number of amides is 1. The molecule has 0 bridgehead atoms. The zero-order valence-electron chi connectivity index (χ0n) is 12.1. The molecule has 0 saturated carbocycles. The lowest BCUT2D eigenvalue weighted by molar-refractivity contribution is -0.156. The van der Waals surface area contributed by atoms with E-state index in [1.165, 1.54) is 0 Å². The largest absolute Gasteiger partial charge is 0.479 e. The van der Waals surface area contributed by atoms with E-state index in [0.29, 0.717) is 5.02 Å². The number of rotatable bonds is 7. The molecule has 0 radical (unpaired) electrons. The molecule has 6 heteroatoms. The van der Waals surface area contributed by atoms with Crippen molar-refractivity contribution in [3.8, 4) is 0 Å². The van der Waals surface area contributed by atoms with Gasteiger partial charge in [-0.1, -0.05) is 30.7 Å². The van der Waals surface area contributed by atoms with Crippen molar-refractivity contribution in [2.45, 2.75) is 32.3 Å². The number of hydrogen-bond acceptors (Lipinski definition) is 3. The number of benzene rings is 1. The van der Waals surface area contributed by atoms with Crippen molar-refractivity contribution < 1.29 is 19.8 Å². The number of carboxylic acids is 1. The summed E-state index contributed by atoms with van der Waals surface area (Å²) in [6.45, 7) is 2.77. The lowest BCUT2D eigenvalue weighted by atomic mass is 9.97. The molecule has 2 atom stereocenters. The molecule has 1 amide bonds. The summed E-state index contributed by atoms with van der Waals surface area (Å²) in [5.74, 6) is -1.55. The average Bonchev–Trinajstić information content (AvgIpc) is 2.39. The number of carbonyl (C=O) groups is 2. The van der Waals surface area contributed by atoms with Crippen molar-refractivity contribution in [2.24, 2.45) is 5.92 Å². The van der Waals surface area contributed by atoms with Crippen LogP contribution in [0.2, 0.25) is 5.02 Å². The van der Waals surface area contributed by atoms with Gasteiger partial charge in [0.25, 0.3) is 0 Å². The van der Waals surface area contributed by atoms with Gasteiger partial charge in [-0.2, -0.15) is 0 Å². The first kappa shape index (κ1) is 17.5. The van der Waals surface area contributed by atoms with Gasteiger partial charge in [-0.15, -0.1) is 0 Å². The molecular weight excluding hydrogens is 294 g/mol. The van der Waals surface area contributed by atoms with E-state index in [-0.39, 0.29) is 24.8 Å². The molecule has 0 saturated heterocycles. The first-order valence-corrected chi connectivity index (χ1v) is 7.05. The average molecular weight is 314 g/mol. The smallest absolute Gasteiger partial charge is 0.337 e. The quantitative estimate of drug-likeness (QED) is 0.717. The van der Waals surface area contributed by atoms with Crippen molar-refractivity contribution in [1.82, 2.24) is 5.32 Å². The third-order valence-corrected chi connectivity index (χ3v) is 3.37. The van der Waals surface area contributed by atoms with Gasteiger partial charge >= 0.3 is 5.97 Å². The first-order valence-electron chi connectivity index (χ1n) is 6.67. The molecule has 0 aliphatic heterocycles. The molecule has 116 valence electrons. The second-order valence-electron chi connectivity index (χ2n) is 5.50. The van der Waals surface area contributed by atoms with Gasteiger partial charge in [0.1, 0.15) is 0 Å². The van der Waals surface area contributed by atoms with Crippen molar-refractivity contribution in [3.63, 3.8) is 0 Å². The summed E-state index contributed by atoms with van der Waals surface area (Å²) in [4.78, 5) is 22.4. The SMILES string of the molecule is CC(CC(=O)NCC(C)(O)C(=O)O)Cc1ccc(Cl)cc1. The van der Waals surface area contributed by atoms with Crippen LogP contribution in [-0.4, -0.2) is 34.2 Å². The molecule has 0 spiro atoms. The van der Waals surface area contributed by atoms with Gasteiger partial charge in [0, 0.05) is 11.4 Å². The topological polar surface area (TPSA) is 86.6 Å². The van der Waals surface area contributed by atoms with Gasteiger partial charge < -0.3 is 15.5 Å². The molecular formula is C15H20ClNO4. The van der Waals surface area contributed by atoms with Crippen LogP contribution in [0.25, 0.3) is 0 Å². The molecule has 0 heterocycles. The van der Waals surface area contributed by atoms with E-state index in [1.807, 2.05) is 19.1 Å². The van der Waals surface area contributed by atoms with Crippen molar-refractivity contribution >= 4 is 23.5 Å². The molecule has 1 aromatic rings. The van der Waals surface area contributed by atoms with E-state index in [0.717, 1.165) is 18.9 Å². The zero-order chi connectivity index (χ0) is 16.0. The Balaban J connectivity index is 2.40. The lowest BCUT2D eigenvalue weighted by Crippen LogP contribution is -2.46. The summed E-state index contributed by atoms with van der Waals surface area (Å²) in [6.07, 6.45) is 0.984. The fraction of sp³-hybridized carbons (Fsp3) is 0.467. The zero-order valence-corrected chi connectivity index (χ0v) is 12.9. The minimum Gasteiger partial charge on any atom is -0.479 e. The molecule has 3 N–H and O–H groups in total. The fourth-order valence-corrected chi connectivity index (χ4v) is 1.96. The Labute approximate surface area is 128 Å². The molecule has 0 aromatic heterocycles. The summed E-state index contributed by atoms with van der Waals surface area (Å²) < 4.78 is 0. The van der Waals surface area contributed by atoms with Crippen LogP contribution in [0.5, 0.6) is 0 Å². The third kappa shape index (κ3) is 6.14. The molecule has 1 aromatic carbocycles. The number of halogens is 1. The number of carboxylic acid groups (broad SMARTS) is 1. The fourth-order valence-electron chi connectivity index (χ4n) is 1.83. The lowest BCUT2D eigenvalue weighted by Gasteiger charge is -2.19. The van der Waals surface area contributed by atoms with E-state index in [9.17, 15) is 14.7 Å². The maximum absolute atomic E-state index is 11.7. The van der Waals surface area contributed by atoms with Crippen LogP contribution in [-0.2, 0) is 16.0 Å².